The molecule has 1 aliphatic rings. The van der Waals surface area contributed by atoms with E-state index in [1.165, 1.54) is 0 Å². The Morgan fingerprint density at radius 2 is 1.81 bits per heavy atom. The molecule has 0 aromatic heterocycles. The summed E-state index contributed by atoms with van der Waals surface area (Å²) in [5, 5.41) is 5.69. The van der Waals surface area contributed by atoms with Gasteiger partial charge < -0.3 is 20.3 Å². The van der Waals surface area contributed by atoms with Gasteiger partial charge in [0, 0.05) is 24.3 Å². The zero-order valence-electron chi connectivity index (χ0n) is 18.2. The molecule has 1 fully saturated rings. The molecule has 3 amide bonds. The molecule has 31 heavy (non-hydrogen) atoms. The van der Waals surface area contributed by atoms with Crippen LogP contribution >= 0.6 is 0 Å². The van der Waals surface area contributed by atoms with Crippen LogP contribution in [0.3, 0.4) is 0 Å². The number of nitrogens with zero attached hydrogens (tertiary/aromatic N) is 1. The summed E-state index contributed by atoms with van der Waals surface area (Å²) in [6.45, 7) is 6.76. The van der Waals surface area contributed by atoms with Crippen LogP contribution in [0, 0.1) is 5.92 Å². The molecule has 2 aromatic carbocycles. The molecule has 0 saturated carbocycles. The summed E-state index contributed by atoms with van der Waals surface area (Å²) in [5.74, 6) is -0.183. The summed E-state index contributed by atoms with van der Waals surface area (Å²) in [4.78, 5) is 39.4. The molecule has 164 valence electrons. The monoisotopic (exact) mass is 423 g/mol. The van der Waals surface area contributed by atoms with E-state index in [2.05, 4.69) is 10.6 Å². The molecule has 0 bridgehead atoms. The number of benzene rings is 2. The van der Waals surface area contributed by atoms with Crippen molar-refractivity contribution >= 4 is 29.1 Å². The van der Waals surface area contributed by atoms with Crippen molar-refractivity contribution < 1.29 is 19.1 Å². The van der Waals surface area contributed by atoms with Crippen molar-refractivity contribution in [2.45, 2.75) is 39.7 Å². The second-order valence-electron chi connectivity index (χ2n) is 7.81. The lowest BCUT2D eigenvalue weighted by Crippen LogP contribution is -2.47. The Balaban J connectivity index is 1.68. The second kappa shape index (κ2) is 10.1. The van der Waals surface area contributed by atoms with E-state index in [4.69, 9.17) is 4.74 Å². The lowest BCUT2D eigenvalue weighted by Gasteiger charge is -2.22. The van der Waals surface area contributed by atoms with Crippen molar-refractivity contribution in [3.8, 4) is 5.75 Å². The topological polar surface area (TPSA) is 87.7 Å². The van der Waals surface area contributed by atoms with Crippen LogP contribution in [0.25, 0.3) is 0 Å². The van der Waals surface area contributed by atoms with Gasteiger partial charge in [0.2, 0.25) is 11.8 Å². The van der Waals surface area contributed by atoms with Crippen LogP contribution in [0.4, 0.5) is 11.4 Å². The van der Waals surface area contributed by atoms with E-state index in [-0.39, 0.29) is 23.6 Å². The molecule has 0 unspecified atom stereocenters. The zero-order valence-corrected chi connectivity index (χ0v) is 18.2. The molecule has 0 radical (unpaired) electrons. The highest BCUT2D eigenvalue weighted by molar-refractivity contribution is 6.02. The summed E-state index contributed by atoms with van der Waals surface area (Å²) in [6, 6.07) is 13.4. The minimum absolute atomic E-state index is 0.117. The third kappa shape index (κ3) is 5.42. The van der Waals surface area contributed by atoms with Gasteiger partial charge in [-0.25, -0.2) is 0 Å². The molecule has 0 spiro atoms. The lowest BCUT2D eigenvalue weighted by molar-refractivity contribution is -0.119. The molecule has 7 heteroatoms. The molecule has 1 saturated heterocycles. The molecule has 2 aromatic rings. The first-order chi connectivity index (χ1) is 14.9. The Hall–Kier alpha value is -3.35. The summed E-state index contributed by atoms with van der Waals surface area (Å²) in [7, 11) is 0. The first-order valence-electron chi connectivity index (χ1n) is 10.6. The number of carbonyl (C=O) groups is 3. The van der Waals surface area contributed by atoms with Gasteiger partial charge in [-0.2, -0.15) is 0 Å². The smallest absolute Gasteiger partial charge is 0.255 e. The molecule has 1 aliphatic heterocycles. The van der Waals surface area contributed by atoms with Crippen molar-refractivity contribution in [3.05, 3.63) is 54.1 Å². The van der Waals surface area contributed by atoms with E-state index in [0.29, 0.717) is 30.0 Å². The van der Waals surface area contributed by atoms with Gasteiger partial charge >= 0.3 is 0 Å². The highest BCUT2D eigenvalue weighted by Gasteiger charge is 2.26. The highest BCUT2D eigenvalue weighted by Crippen LogP contribution is 2.23. The molecular formula is C24H29N3O4. The number of ether oxygens (including phenoxy) is 1. The standard InChI is InChI=1S/C24H29N3O4/c1-4-31-20-9-6-5-8-19(20)23(29)26-22(16(2)3)24(30)25-17-11-13-18(14-12-17)27-15-7-10-21(27)28/h5-6,8-9,11-14,16,22H,4,7,10,15H2,1-3H3,(H,25,30)(H,26,29)/t22-/m0/s1. The fraction of sp³-hybridized carbons (Fsp3) is 0.375. The molecular weight excluding hydrogens is 394 g/mol. The van der Waals surface area contributed by atoms with Crippen molar-refractivity contribution in [1.29, 1.82) is 0 Å². The number of hydrogen-bond donors (Lipinski definition) is 2. The van der Waals surface area contributed by atoms with Crippen LogP contribution < -0.4 is 20.3 Å². The third-order valence-electron chi connectivity index (χ3n) is 5.19. The molecule has 2 N–H and O–H groups in total. The number of nitrogens with one attached hydrogen (secondary N) is 2. The van der Waals surface area contributed by atoms with Gasteiger partial charge in [0.05, 0.1) is 12.2 Å². The molecule has 3 rings (SSSR count). The average molecular weight is 424 g/mol. The van der Waals surface area contributed by atoms with Gasteiger partial charge in [-0.1, -0.05) is 26.0 Å². The van der Waals surface area contributed by atoms with E-state index in [9.17, 15) is 14.4 Å². The zero-order chi connectivity index (χ0) is 22.4. The Morgan fingerprint density at radius 3 is 2.42 bits per heavy atom. The van der Waals surface area contributed by atoms with Gasteiger partial charge in [-0.15, -0.1) is 0 Å². The lowest BCUT2D eigenvalue weighted by atomic mass is 10.0. The van der Waals surface area contributed by atoms with Crippen molar-refractivity contribution in [2.24, 2.45) is 5.92 Å². The molecule has 7 nitrogen and oxygen atoms in total. The minimum atomic E-state index is -0.720. The van der Waals surface area contributed by atoms with Gasteiger partial charge in [0.25, 0.3) is 5.91 Å². The van der Waals surface area contributed by atoms with Gasteiger partial charge in [-0.05, 0) is 55.7 Å². The van der Waals surface area contributed by atoms with E-state index in [0.717, 1.165) is 18.7 Å². The van der Waals surface area contributed by atoms with Crippen molar-refractivity contribution in [2.75, 3.05) is 23.4 Å². The summed E-state index contributed by atoms with van der Waals surface area (Å²) >= 11 is 0. The normalized spacial score (nSPS) is 14.5. The number of amides is 3. The van der Waals surface area contributed by atoms with Crippen molar-refractivity contribution in [3.63, 3.8) is 0 Å². The van der Waals surface area contributed by atoms with Gasteiger partial charge in [0.15, 0.2) is 0 Å². The van der Waals surface area contributed by atoms with Crippen LogP contribution in [-0.2, 0) is 9.59 Å². The number of anilines is 2. The highest BCUT2D eigenvalue weighted by atomic mass is 16.5. The Bertz CT molecular complexity index is 940. The van der Waals surface area contributed by atoms with Crippen LogP contribution in [0.1, 0.15) is 44.0 Å². The van der Waals surface area contributed by atoms with Gasteiger partial charge in [-0.3, -0.25) is 14.4 Å². The summed E-state index contributed by atoms with van der Waals surface area (Å²) in [5.41, 5.74) is 1.82. The van der Waals surface area contributed by atoms with Crippen molar-refractivity contribution in [1.82, 2.24) is 5.32 Å². The number of carbonyl (C=O) groups excluding carboxylic acids is 3. The first kappa shape index (κ1) is 22.3. The average Bonchev–Trinajstić information content (AvgIpc) is 3.18. The minimum Gasteiger partial charge on any atom is -0.493 e. The summed E-state index contributed by atoms with van der Waals surface area (Å²) < 4.78 is 5.53. The fourth-order valence-corrected chi connectivity index (χ4v) is 3.56. The number of para-hydroxylation sites is 1. The van der Waals surface area contributed by atoms with E-state index in [1.54, 1.807) is 41.3 Å². The first-order valence-corrected chi connectivity index (χ1v) is 10.6. The summed E-state index contributed by atoms with van der Waals surface area (Å²) in [6.07, 6.45) is 1.43. The van der Waals surface area contributed by atoms with Crippen LogP contribution in [-0.4, -0.2) is 36.9 Å². The van der Waals surface area contributed by atoms with Crippen LogP contribution in [0.5, 0.6) is 5.75 Å². The fourth-order valence-electron chi connectivity index (χ4n) is 3.56. The second-order valence-corrected chi connectivity index (χ2v) is 7.81. The van der Waals surface area contributed by atoms with Crippen LogP contribution in [0.15, 0.2) is 48.5 Å². The van der Waals surface area contributed by atoms with E-state index >= 15 is 0 Å². The van der Waals surface area contributed by atoms with Crippen LogP contribution in [0.2, 0.25) is 0 Å². The largest absolute Gasteiger partial charge is 0.493 e. The van der Waals surface area contributed by atoms with E-state index < -0.39 is 6.04 Å². The molecule has 1 heterocycles. The van der Waals surface area contributed by atoms with Gasteiger partial charge in [0.1, 0.15) is 11.8 Å². The Labute approximate surface area is 182 Å². The Morgan fingerprint density at radius 1 is 1.10 bits per heavy atom. The number of rotatable bonds is 8. The third-order valence-corrected chi connectivity index (χ3v) is 5.19. The predicted molar refractivity (Wildman–Crippen MR) is 120 cm³/mol. The number of hydrogen-bond acceptors (Lipinski definition) is 4. The molecule has 1 atom stereocenters. The van der Waals surface area contributed by atoms with E-state index in [1.807, 2.05) is 32.9 Å². The maximum absolute atomic E-state index is 12.9. The maximum atomic E-state index is 12.9. The maximum Gasteiger partial charge on any atom is 0.255 e. The molecule has 0 aliphatic carbocycles. The SMILES string of the molecule is CCOc1ccccc1C(=O)N[C@H](C(=O)Nc1ccc(N2CCCC2=O)cc1)C(C)C. The Kier molecular flexibility index (Phi) is 7.28. The quantitative estimate of drug-likeness (QED) is 0.679. The predicted octanol–water partition coefficient (Wildman–Crippen LogP) is 3.61.